The van der Waals surface area contributed by atoms with E-state index < -0.39 is 9.84 Å². The summed E-state index contributed by atoms with van der Waals surface area (Å²) in [5.41, 5.74) is 0.777. The third kappa shape index (κ3) is 3.12. The highest BCUT2D eigenvalue weighted by atomic mass is 35.5. The number of halogens is 1. The summed E-state index contributed by atoms with van der Waals surface area (Å²) in [6.07, 6.45) is 5.97. The number of rotatable bonds is 4. The minimum Gasteiger partial charge on any atom is -0.336 e. The third-order valence-corrected chi connectivity index (χ3v) is 5.73. The molecule has 0 saturated heterocycles. The van der Waals surface area contributed by atoms with Crippen LogP contribution in [0.5, 0.6) is 0 Å². The molecular formula is C14H16ClN3O2S. The smallest absolute Gasteiger partial charge is 0.178 e. The molecule has 1 aromatic carbocycles. The Morgan fingerprint density at radius 2 is 2.29 bits per heavy atom. The zero-order valence-electron chi connectivity index (χ0n) is 11.4. The van der Waals surface area contributed by atoms with Crippen molar-refractivity contribution in [2.45, 2.75) is 23.9 Å². The number of imidazole rings is 1. The van der Waals surface area contributed by atoms with Gasteiger partial charge in [-0.05, 0) is 30.2 Å². The van der Waals surface area contributed by atoms with Crippen molar-refractivity contribution < 1.29 is 8.42 Å². The molecule has 1 aliphatic rings. The number of nitrogens with one attached hydrogen (secondary N) is 1. The summed E-state index contributed by atoms with van der Waals surface area (Å²) < 4.78 is 26.2. The van der Waals surface area contributed by atoms with Gasteiger partial charge in [-0.25, -0.2) is 13.4 Å². The van der Waals surface area contributed by atoms with Gasteiger partial charge in [-0.2, -0.15) is 0 Å². The van der Waals surface area contributed by atoms with Gasteiger partial charge in [0, 0.05) is 36.5 Å². The van der Waals surface area contributed by atoms with Gasteiger partial charge in [-0.15, -0.1) is 0 Å². The second-order valence-corrected chi connectivity index (χ2v) is 7.61. The van der Waals surface area contributed by atoms with Gasteiger partial charge < -0.3 is 9.88 Å². The number of hydrogen-bond donors (Lipinski definition) is 1. The molecule has 0 spiro atoms. The number of sulfone groups is 1. The van der Waals surface area contributed by atoms with Gasteiger partial charge in [0.25, 0.3) is 0 Å². The molecule has 21 heavy (non-hydrogen) atoms. The van der Waals surface area contributed by atoms with Crippen LogP contribution in [0.25, 0.3) is 0 Å². The van der Waals surface area contributed by atoms with E-state index in [1.54, 1.807) is 30.7 Å². The lowest BCUT2D eigenvalue weighted by atomic mass is 10.0. The molecule has 1 aliphatic heterocycles. The standard InChI is InChI=1S/C14H16ClN3O2S/c15-11-1-2-14-12(9-11)13(3-8-21(14,19)20)17-5-7-18-6-4-16-10-18/h1-2,4,6,9-10,13,17H,3,5,7-8H2/t13-/m0/s1. The molecule has 7 heteroatoms. The van der Waals surface area contributed by atoms with Crippen LogP contribution in [0.3, 0.4) is 0 Å². The maximum atomic E-state index is 12.1. The van der Waals surface area contributed by atoms with E-state index >= 15 is 0 Å². The van der Waals surface area contributed by atoms with Crippen molar-refractivity contribution in [1.82, 2.24) is 14.9 Å². The van der Waals surface area contributed by atoms with Gasteiger partial charge in [-0.3, -0.25) is 0 Å². The van der Waals surface area contributed by atoms with E-state index in [2.05, 4.69) is 10.3 Å². The highest BCUT2D eigenvalue weighted by molar-refractivity contribution is 7.91. The molecule has 1 atom stereocenters. The molecule has 1 aromatic heterocycles. The lowest BCUT2D eigenvalue weighted by Crippen LogP contribution is -2.31. The van der Waals surface area contributed by atoms with Gasteiger partial charge >= 0.3 is 0 Å². The Labute approximate surface area is 128 Å². The van der Waals surface area contributed by atoms with Crippen molar-refractivity contribution in [1.29, 1.82) is 0 Å². The van der Waals surface area contributed by atoms with Crippen LogP contribution in [0.15, 0.2) is 41.8 Å². The SMILES string of the molecule is O=S1(=O)CC[C@H](NCCn2ccnc2)c2cc(Cl)ccc21. The van der Waals surface area contributed by atoms with Gasteiger partial charge in [0.1, 0.15) is 0 Å². The molecule has 112 valence electrons. The first kappa shape index (κ1) is 14.6. The Morgan fingerprint density at radius 1 is 1.43 bits per heavy atom. The molecule has 0 saturated carbocycles. The normalized spacial score (nSPS) is 20.1. The Morgan fingerprint density at radius 3 is 3.05 bits per heavy atom. The largest absolute Gasteiger partial charge is 0.336 e. The minimum absolute atomic E-state index is 0.0192. The monoisotopic (exact) mass is 325 g/mol. The Bertz CT molecular complexity index is 729. The van der Waals surface area contributed by atoms with Gasteiger partial charge in [0.05, 0.1) is 17.0 Å². The third-order valence-electron chi connectivity index (χ3n) is 3.68. The number of aromatic nitrogens is 2. The lowest BCUT2D eigenvalue weighted by Gasteiger charge is -2.26. The molecule has 2 heterocycles. The summed E-state index contributed by atoms with van der Waals surface area (Å²) in [6.45, 7) is 1.53. The zero-order valence-corrected chi connectivity index (χ0v) is 12.9. The maximum Gasteiger partial charge on any atom is 0.178 e. The Hall–Kier alpha value is -1.37. The summed E-state index contributed by atoms with van der Waals surface area (Å²) in [7, 11) is -3.17. The second kappa shape index (κ2) is 5.79. The molecule has 0 bridgehead atoms. The summed E-state index contributed by atoms with van der Waals surface area (Å²) in [4.78, 5) is 4.39. The quantitative estimate of drug-likeness (QED) is 0.934. The van der Waals surface area contributed by atoms with E-state index in [0.29, 0.717) is 16.3 Å². The van der Waals surface area contributed by atoms with E-state index in [1.807, 2.05) is 10.8 Å². The minimum atomic E-state index is -3.17. The average molecular weight is 326 g/mol. The lowest BCUT2D eigenvalue weighted by molar-refractivity contribution is 0.473. The van der Waals surface area contributed by atoms with Gasteiger partial charge in [-0.1, -0.05) is 11.6 Å². The average Bonchev–Trinajstić information content (AvgIpc) is 2.94. The highest BCUT2D eigenvalue weighted by Gasteiger charge is 2.29. The fraction of sp³-hybridized carbons (Fsp3) is 0.357. The van der Waals surface area contributed by atoms with Crippen LogP contribution in [0.1, 0.15) is 18.0 Å². The van der Waals surface area contributed by atoms with E-state index in [9.17, 15) is 8.42 Å². The van der Waals surface area contributed by atoms with Crippen LogP contribution >= 0.6 is 11.6 Å². The number of fused-ring (bicyclic) bond motifs is 1. The number of benzene rings is 1. The molecule has 3 rings (SSSR count). The maximum absolute atomic E-state index is 12.1. The molecule has 2 aromatic rings. The van der Waals surface area contributed by atoms with Crippen LogP contribution in [0.4, 0.5) is 0 Å². The van der Waals surface area contributed by atoms with Crippen LogP contribution in [0, 0.1) is 0 Å². The predicted molar refractivity (Wildman–Crippen MR) is 81.1 cm³/mol. The Kier molecular flexibility index (Phi) is 4.01. The summed E-state index contributed by atoms with van der Waals surface area (Å²) >= 11 is 6.02. The fourth-order valence-electron chi connectivity index (χ4n) is 2.61. The van der Waals surface area contributed by atoms with E-state index in [1.165, 1.54) is 0 Å². The highest BCUT2D eigenvalue weighted by Crippen LogP contribution is 2.33. The fourth-order valence-corrected chi connectivity index (χ4v) is 4.39. The van der Waals surface area contributed by atoms with Crippen molar-refractivity contribution in [3.05, 3.63) is 47.5 Å². The molecule has 5 nitrogen and oxygen atoms in total. The molecular weight excluding hydrogens is 310 g/mol. The molecule has 1 N–H and O–H groups in total. The predicted octanol–water partition coefficient (Wildman–Crippen LogP) is 2.04. The number of hydrogen-bond acceptors (Lipinski definition) is 4. The van der Waals surface area contributed by atoms with Crippen LogP contribution < -0.4 is 5.32 Å². The molecule has 0 amide bonds. The summed E-state index contributed by atoms with van der Waals surface area (Å²) in [5, 5.41) is 3.97. The zero-order chi connectivity index (χ0) is 14.9. The van der Waals surface area contributed by atoms with E-state index in [-0.39, 0.29) is 11.8 Å². The van der Waals surface area contributed by atoms with Gasteiger partial charge in [0.15, 0.2) is 9.84 Å². The van der Waals surface area contributed by atoms with Crippen LogP contribution in [-0.2, 0) is 16.4 Å². The second-order valence-electron chi connectivity index (χ2n) is 5.10. The van der Waals surface area contributed by atoms with Crippen molar-refractivity contribution in [3.8, 4) is 0 Å². The topological polar surface area (TPSA) is 64.0 Å². The molecule has 0 radical (unpaired) electrons. The Balaban J connectivity index is 1.76. The summed E-state index contributed by atoms with van der Waals surface area (Å²) in [5.74, 6) is 0.171. The first-order valence-corrected chi connectivity index (χ1v) is 8.80. The first-order chi connectivity index (χ1) is 10.1. The van der Waals surface area contributed by atoms with E-state index in [4.69, 9.17) is 11.6 Å². The van der Waals surface area contributed by atoms with Crippen LogP contribution in [-0.4, -0.2) is 30.3 Å². The molecule has 0 fully saturated rings. The van der Waals surface area contributed by atoms with Crippen molar-refractivity contribution >= 4 is 21.4 Å². The van der Waals surface area contributed by atoms with Crippen molar-refractivity contribution in [3.63, 3.8) is 0 Å². The van der Waals surface area contributed by atoms with Gasteiger partial charge in [0.2, 0.25) is 0 Å². The number of nitrogens with zero attached hydrogens (tertiary/aromatic N) is 2. The van der Waals surface area contributed by atoms with E-state index in [0.717, 1.165) is 18.7 Å². The molecule has 0 unspecified atom stereocenters. The molecule has 0 aliphatic carbocycles. The van der Waals surface area contributed by atoms with Crippen LogP contribution in [0.2, 0.25) is 5.02 Å². The summed E-state index contributed by atoms with van der Waals surface area (Å²) in [6, 6.07) is 5.01. The first-order valence-electron chi connectivity index (χ1n) is 6.77. The van der Waals surface area contributed by atoms with Crippen molar-refractivity contribution in [2.75, 3.05) is 12.3 Å². The van der Waals surface area contributed by atoms with Crippen molar-refractivity contribution in [2.24, 2.45) is 0 Å².